The summed E-state index contributed by atoms with van der Waals surface area (Å²) in [6.45, 7) is 0. The quantitative estimate of drug-likeness (QED) is 0.142. The Bertz CT molecular complexity index is 3590. The van der Waals surface area contributed by atoms with Crippen molar-refractivity contribution in [3.63, 3.8) is 0 Å². The number of aromatic nitrogens is 5. The average Bonchev–Trinajstić information content (AvgIpc) is 3.73. The molecule has 0 spiro atoms. The summed E-state index contributed by atoms with van der Waals surface area (Å²) in [5, 5.41) is 0.801. The molecule has 0 saturated carbocycles. The Hall–Kier alpha value is -8.91. The van der Waals surface area contributed by atoms with E-state index in [9.17, 15) is 26.3 Å². The van der Waals surface area contributed by atoms with Gasteiger partial charge in [-0.3, -0.25) is 0 Å². The number of para-hydroxylation sites is 1. The largest absolute Gasteiger partial charge is 0.417 e. The fourth-order valence-corrected chi connectivity index (χ4v) is 9.13. The molecule has 14 heteroatoms. The third-order valence-corrected chi connectivity index (χ3v) is 12.5. The lowest BCUT2D eigenvalue weighted by atomic mass is 9.95. The summed E-state index contributed by atoms with van der Waals surface area (Å²) in [5.74, 6) is -0.209. The predicted octanol–water partition coefficient (Wildman–Crippen LogP) is 17.1. The van der Waals surface area contributed by atoms with E-state index in [1.54, 1.807) is 41.0 Å². The summed E-state index contributed by atoms with van der Waals surface area (Å²) in [7, 11) is 0. The van der Waals surface area contributed by atoms with Crippen molar-refractivity contribution in [3.8, 4) is 84.6 Å². The second-order valence-corrected chi connectivity index (χ2v) is 17.1. The summed E-state index contributed by atoms with van der Waals surface area (Å²) in [4.78, 5) is 20.0. The number of fused-ring (bicyclic) bond motifs is 3. The van der Waals surface area contributed by atoms with Crippen LogP contribution in [0.3, 0.4) is 0 Å². The third-order valence-electron chi connectivity index (χ3n) is 12.5. The second kappa shape index (κ2) is 18.0. The summed E-state index contributed by atoms with van der Waals surface area (Å²) < 4.78 is 134. The molecule has 0 saturated heterocycles. The van der Waals surface area contributed by atoms with Gasteiger partial charge >= 0.3 is 18.5 Å². The van der Waals surface area contributed by atoms with Gasteiger partial charge in [0, 0.05) is 44.2 Å². The molecular weight excluding hydrogens is 950 g/mol. The molecule has 0 amide bonds. The molecule has 73 heavy (non-hydrogen) atoms. The van der Waals surface area contributed by atoms with Gasteiger partial charge < -0.3 is 4.57 Å². The van der Waals surface area contributed by atoms with Crippen molar-refractivity contribution in [3.05, 3.63) is 223 Å². The molecule has 0 radical (unpaired) electrons. The molecule has 5 nitrogen and oxygen atoms in total. The number of nitrogens with zero attached hydrogens (tertiary/aromatic N) is 5. The molecule has 0 fully saturated rings. The van der Waals surface area contributed by atoms with Crippen LogP contribution < -0.4 is 0 Å². The van der Waals surface area contributed by atoms with E-state index in [0.717, 1.165) is 18.2 Å². The van der Waals surface area contributed by atoms with Gasteiger partial charge in [-0.1, -0.05) is 152 Å². The first-order valence-electron chi connectivity index (χ1n) is 22.7. The summed E-state index contributed by atoms with van der Waals surface area (Å²) in [6, 6.07) is 54.3. The zero-order valence-electron chi connectivity index (χ0n) is 37.8. The molecule has 0 unspecified atom stereocenters. The lowest BCUT2D eigenvalue weighted by Gasteiger charge is -2.21. The van der Waals surface area contributed by atoms with Crippen molar-refractivity contribution in [2.75, 3.05) is 0 Å². The Balaban J connectivity index is 1.28. The van der Waals surface area contributed by atoms with Crippen molar-refractivity contribution in [2.45, 2.75) is 18.5 Å². The minimum atomic E-state index is -5.18. The molecule has 0 N–H and O–H groups in total. The van der Waals surface area contributed by atoms with Crippen LogP contribution in [0.25, 0.3) is 106 Å². The van der Waals surface area contributed by atoms with Crippen LogP contribution in [0.5, 0.6) is 0 Å². The Morgan fingerprint density at radius 2 is 0.712 bits per heavy atom. The number of hydrogen-bond acceptors (Lipinski definition) is 4. The highest BCUT2D eigenvalue weighted by Crippen LogP contribution is 2.47. The SMILES string of the molecule is FC(F)(F)c1cc(-c2nc(-c3ccccc3)cc(-c3ccccc3)n2)c(-n2c3ccccc3c3cc(-c4ccc(C(F)(F)F)cc4C(F)(F)F)ccc32)c(-c2nc(-c3ccccc3)cc(-c3ccccc3)n2)c1. The maximum Gasteiger partial charge on any atom is 0.417 e. The maximum atomic E-state index is 15.7. The zero-order chi connectivity index (χ0) is 50.6. The van der Waals surface area contributed by atoms with Crippen molar-refractivity contribution in [1.82, 2.24) is 24.5 Å². The summed E-state index contributed by atoms with van der Waals surface area (Å²) in [6.07, 6.45) is -15.2. The Labute approximate surface area is 410 Å². The molecular formula is C59H34F9N5. The topological polar surface area (TPSA) is 56.5 Å². The lowest BCUT2D eigenvalue weighted by molar-refractivity contribution is -0.143. The highest BCUT2D eigenvalue weighted by molar-refractivity contribution is 6.11. The normalized spacial score (nSPS) is 12.2. The number of benzene rings is 8. The van der Waals surface area contributed by atoms with E-state index in [-0.39, 0.29) is 40.1 Å². The Kier molecular flexibility index (Phi) is 11.5. The minimum absolute atomic E-state index is 0.0536. The predicted molar refractivity (Wildman–Crippen MR) is 265 cm³/mol. The average molecular weight is 984 g/mol. The summed E-state index contributed by atoms with van der Waals surface area (Å²) in [5.41, 5.74) is 0.220. The van der Waals surface area contributed by atoms with Crippen LogP contribution in [0.1, 0.15) is 16.7 Å². The third kappa shape index (κ3) is 8.96. The highest BCUT2D eigenvalue weighted by Gasteiger charge is 2.39. The van der Waals surface area contributed by atoms with Crippen molar-refractivity contribution in [1.29, 1.82) is 0 Å². The molecule has 0 bridgehead atoms. The number of hydrogen-bond donors (Lipinski definition) is 0. The van der Waals surface area contributed by atoms with E-state index < -0.39 is 40.8 Å². The molecule has 0 aliphatic heterocycles. The standard InChI is InChI=1S/C59H34F9N5/c60-57(61,62)40-26-27-42(47(32-40)59(66,67)68)39-25-28-53-44(29-39)43-23-13-14-24-52(43)73(53)54-45(55-69-48(35-15-5-1-6-16-35)33-49(70-55)36-17-7-2-8-18-36)30-41(58(63,64)65)31-46(54)56-71-50(37-19-9-3-10-20-37)34-51(72-56)38-21-11-4-12-22-38/h1-34H. The lowest BCUT2D eigenvalue weighted by Crippen LogP contribution is -2.12. The molecule has 3 heterocycles. The number of rotatable bonds is 8. The van der Waals surface area contributed by atoms with Crippen molar-refractivity contribution in [2.24, 2.45) is 0 Å². The van der Waals surface area contributed by atoms with Gasteiger partial charge in [-0.05, 0) is 65.7 Å². The van der Waals surface area contributed by atoms with E-state index in [1.807, 2.05) is 121 Å². The first kappa shape index (κ1) is 46.5. The maximum absolute atomic E-state index is 15.7. The van der Waals surface area contributed by atoms with Gasteiger partial charge in [0.15, 0.2) is 11.6 Å². The molecule has 11 aromatic rings. The van der Waals surface area contributed by atoms with Gasteiger partial charge in [-0.15, -0.1) is 0 Å². The van der Waals surface area contributed by atoms with Gasteiger partial charge in [-0.2, -0.15) is 39.5 Å². The van der Waals surface area contributed by atoms with Gasteiger partial charge in [0.1, 0.15) is 0 Å². The number of halogens is 9. The van der Waals surface area contributed by atoms with Gasteiger partial charge in [0.05, 0.1) is 56.2 Å². The summed E-state index contributed by atoms with van der Waals surface area (Å²) >= 11 is 0. The fourth-order valence-electron chi connectivity index (χ4n) is 9.13. The van der Waals surface area contributed by atoms with Crippen molar-refractivity contribution >= 4 is 21.8 Å². The van der Waals surface area contributed by atoms with Crippen molar-refractivity contribution < 1.29 is 39.5 Å². The molecule has 0 atom stereocenters. The molecule has 3 aromatic heterocycles. The van der Waals surface area contributed by atoms with E-state index in [4.69, 9.17) is 19.9 Å². The van der Waals surface area contributed by atoms with Crippen LogP contribution in [0.4, 0.5) is 39.5 Å². The highest BCUT2D eigenvalue weighted by atomic mass is 19.4. The van der Waals surface area contributed by atoms with Crippen LogP contribution in [-0.2, 0) is 18.5 Å². The first-order valence-corrected chi connectivity index (χ1v) is 22.7. The molecule has 8 aromatic carbocycles. The Morgan fingerprint density at radius 3 is 1.14 bits per heavy atom. The number of alkyl halides is 9. The van der Waals surface area contributed by atoms with Gasteiger partial charge in [-0.25, -0.2) is 19.9 Å². The fraction of sp³-hybridized carbons (Fsp3) is 0.0508. The zero-order valence-corrected chi connectivity index (χ0v) is 37.8. The van der Waals surface area contributed by atoms with E-state index in [1.165, 1.54) is 18.2 Å². The van der Waals surface area contributed by atoms with E-state index in [0.29, 0.717) is 72.9 Å². The van der Waals surface area contributed by atoms with Gasteiger partial charge in [0.25, 0.3) is 0 Å². The second-order valence-electron chi connectivity index (χ2n) is 17.1. The van der Waals surface area contributed by atoms with Crippen LogP contribution in [-0.4, -0.2) is 24.5 Å². The molecule has 0 aliphatic carbocycles. The molecule has 358 valence electrons. The van der Waals surface area contributed by atoms with E-state index >= 15 is 13.2 Å². The molecule has 0 aliphatic rings. The Morgan fingerprint density at radius 1 is 0.301 bits per heavy atom. The van der Waals surface area contributed by atoms with Gasteiger partial charge in [0.2, 0.25) is 0 Å². The van der Waals surface area contributed by atoms with Crippen LogP contribution in [0.15, 0.2) is 206 Å². The molecule has 11 rings (SSSR count). The van der Waals surface area contributed by atoms with E-state index in [2.05, 4.69) is 0 Å². The monoisotopic (exact) mass is 983 g/mol. The van der Waals surface area contributed by atoms with Crippen LogP contribution in [0.2, 0.25) is 0 Å². The smallest absolute Gasteiger partial charge is 0.308 e. The van der Waals surface area contributed by atoms with Crippen LogP contribution in [0, 0.1) is 0 Å². The van der Waals surface area contributed by atoms with Crippen LogP contribution >= 0.6 is 0 Å². The first-order chi connectivity index (χ1) is 35.1. The minimum Gasteiger partial charge on any atom is -0.308 e.